The van der Waals surface area contributed by atoms with E-state index in [4.69, 9.17) is 15.2 Å². The van der Waals surface area contributed by atoms with Crippen LogP contribution in [0.4, 0.5) is 5.82 Å². The summed E-state index contributed by atoms with van der Waals surface area (Å²) in [6.07, 6.45) is 0. The number of aromatic nitrogens is 1. The number of methoxy groups -OCH3 is 2. The lowest BCUT2D eigenvalue weighted by Crippen LogP contribution is -1.97. The number of anilines is 1. The normalized spacial score (nSPS) is 10.0. The number of nitrogens with two attached hydrogens (primary N) is 1. The molecule has 2 N–H and O–H groups in total. The van der Waals surface area contributed by atoms with Gasteiger partial charge in [0.1, 0.15) is 11.6 Å². The van der Waals surface area contributed by atoms with Gasteiger partial charge in [0, 0.05) is 11.1 Å². The van der Waals surface area contributed by atoms with Gasteiger partial charge in [0.05, 0.1) is 14.2 Å². The Hall–Kier alpha value is -2.23. The molecule has 0 saturated carbocycles. The Bertz CT molecular complexity index is 527. The molecule has 0 atom stereocenters. The van der Waals surface area contributed by atoms with Gasteiger partial charge in [0.15, 0.2) is 0 Å². The topological polar surface area (TPSA) is 57.4 Å². The van der Waals surface area contributed by atoms with Crippen molar-refractivity contribution in [1.29, 1.82) is 0 Å². The molecule has 2 rings (SSSR count). The van der Waals surface area contributed by atoms with Gasteiger partial charge >= 0.3 is 0 Å². The smallest absolute Gasteiger partial charge is 0.223 e. The van der Waals surface area contributed by atoms with Crippen LogP contribution in [0.15, 0.2) is 36.4 Å². The summed E-state index contributed by atoms with van der Waals surface area (Å²) in [5.41, 5.74) is 7.42. The molecule has 0 fully saturated rings. The minimum atomic E-state index is 0.431. The first-order valence-electron chi connectivity index (χ1n) is 5.20. The van der Waals surface area contributed by atoms with Crippen molar-refractivity contribution in [3.8, 4) is 22.8 Å². The van der Waals surface area contributed by atoms with Gasteiger partial charge < -0.3 is 15.2 Å². The van der Waals surface area contributed by atoms with Crippen LogP contribution in [0.25, 0.3) is 11.1 Å². The molecule has 1 aromatic heterocycles. The number of hydrogen-bond donors (Lipinski definition) is 1. The zero-order valence-electron chi connectivity index (χ0n) is 9.81. The maximum absolute atomic E-state index is 5.63. The van der Waals surface area contributed by atoms with Crippen LogP contribution in [0.5, 0.6) is 11.6 Å². The lowest BCUT2D eigenvalue weighted by Gasteiger charge is -2.11. The van der Waals surface area contributed by atoms with Crippen LogP contribution in [0, 0.1) is 0 Å². The Morgan fingerprint density at radius 2 is 1.71 bits per heavy atom. The molecule has 0 aliphatic rings. The predicted molar refractivity (Wildman–Crippen MR) is 67.2 cm³/mol. The highest BCUT2D eigenvalue weighted by Crippen LogP contribution is 2.35. The lowest BCUT2D eigenvalue weighted by atomic mass is 10.1. The van der Waals surface area contributed by atoms with E-state index in [9.17, 15) is 0 Å². The average molecular weight is 230 g/mol. The number of nitrogen functional groups attached to an aromatic ring is 1. The Morgan fingerprint density at radius 3 is 2.41 bits per heavy atom. The monoisotopic (exact) mass is 230 g/mol. The van der Waals surface area contributed by atoms with E-state index in [0.717, 1.165) is 16.9 Å². The summed E-state index contributed by atoms with van der Waals surface area (Å²) in [7, 11) is 3.21. The van der Waals surface area contributed by atoms with E-state index in [0.29, 0.717) is 11.7 Å². The number of ether oxygens (including phenoxy) is 2. The van der Waals surface area contributed by atoms with Crippen LogP contribution >= 0.6 is 0 Å². The molecule has 17 heavy (non-hydrogen) atoms. The highest BCUT2D eigenvalue weighted by molar-refractivity contribution is 5.75. The number of para-hydroxylation sites is 1. The zero-order chi connectivity index (χ0) is 12.3. The average Bonchev–Trinajstić information content (AvgIpc) is 2.38. The molecule has 0 bridgehead atoms. The molecule has 0 aliphatic carbocycles. The van der Waals surface area contributed by atoms with Gasteiger partial charge in [-0.1, -0.05) is 18.2 Å². The number of pyridine rings is 1. The van der Waals surface area contributed by atoms with Crippen molar-refractivity contribution in [2.45, 2.75) is 0 Å². The molecule has 0 amide bonds. The summed E-state index contributed by atoms with van der Waals surface area (Å²) < 4.78 is 10.5. The van der Waals surface area contributed by atoms with Gasteiger partial charge in [-0.3, -0.25) is 0 Å². The van der Waals surface area contributed by atoms with E-state index in [-0.39, 0.29) is 0 Å². The third kappa shape index (κ3) is 2.15. The summed E-state index contributed by atoms with van der Waals surface area (Å²) in [5, 5.41) is 0. The van der Waals surface area contributed by atoms with Crippen molar-refractivity contribution >= 4 is 5.82 Å². The van der Waals surface area contributed by atoms with E-state index >= 15 is 0 Å². The molecule has 0 aliphatic heterocycles. The summed E-state index contributed by atoms with van der Waals surface area (Å²) >= 11 is 0. The van der Waals surface area contributed by atoms with Gasteiger partial charge in [0.25, 0.3) is 0 Å². The van der Waals surface area contributed by atoms with Crippen molar-refractivity contribution in [2.75, 3.05) is 20.0 Å². The van der Waals surface area contributed by atoms with Crippen molar-refractivity contribution in [2.24, 2.45) is 0 Å². The van der Waals surface area contributed by atoms with Crippen LogP contribution in [0.3, 0.4) is 0 Å². The number of hydrogen-bond acceptors (Lipinski definition) is 4. The summed E-state index contributed by atoms with van der Waals surface area (Å²) in [6, 6.07) is 11.3. The van der Waals surface area contributed by atoms with E-state index in [1.54, 1.807) is 20.3 Å². The van der Waals surface area contributed by atoms with Crippen LogP contribution in [-0.4, -0.2) is 19.2 Å². The molecule has 0 radical (unpaired) electrons. The number of nitrogens with zero attached hydrogens (tertiary/aromatic N) is 1. The van der Waals surface area contributed by atoms with Crippen molar-refractivity contribution < 1.29 is 9.47 Å². The molecule has 88 valence electrons. The second-order valence-electron chi connectivity index (χ2n) is 3.49. The van der Waals surface area contributed by atoms with Crippen LogP contribution in [0.1, 0.15) is 0 Å². The largest absolute Gasteiger partial charge is 0.496 e. The Kier molecular flexibility index (Phi) is 3.14. The molecule has 1 heterocycles. The first-order chi connectivity index (χ1) is 8.26. The number of rotatable bonds is 3. The molecule has 4 heteroatoms. The Labute approximate surface area is 100 Å². The first-order valence-corrected chi connectivity index (χ1v) is 5.20. The quantitative estimate of drug-likeness (QED) is 0.879. The lowest BCUT2D eigenvalue weighted by molar-refractivity contribution is 0.398. The van der Waals surface area contributed by atoms with Crippen LogP contribution in [0.2, 0.25) is 0 Å². The summed E-state index contributed by atoms with van der Waals surface area (Å²) in [6.45, 7) is 0. The second kappa shape index (κ2) is 4.74. The molecule has 1 aromatic carbocycles. The van der Waals surface area contributed by atoms with E-state index in [1.807, 2.05) is 30.3 Å². The molecule has 0 spiro atoms. The fraction of sp³-hybridized carbons (Fsp3) is 0.154. The standard InChI is InChI=1S/C13H14N2O2/c1-16-11-6-4-3-5-9(11)10-7-8-12(14)15-13(10)17-2/h3-8H,1-2H3,(H2,14,15). The van der Waals surface area contributed by atoms with Crippen molar-refractivity contribution in [3.63, 3.8) is 0 Å². The number of benzene rings is 1. The minimum absolute atomic E-state index is 0.431. The maximum atomic E-state index is 5.63. The molecule has 4 nitrogen and oxygen atoms in total. The fourth-order valence-electron chi connectivity index (χ4n) is 1.68. The third-order valence-electron chi connectivity index (χ3n) is 2.47. The van der Waals surface area contributed by atoms with Crippen LogP contribution < -0.4 is 15.2 Å². The molecular weight excluding hydrogens is 216 g/mol. The van der Waals surface area contributed by atoms with E-state index in [2.05, 4.69) is 4.98 Å². The molecule has 2 aromatic rings. The predicted octanol–water partition coefficient (Wildman–Crippen LogP) is 2.35. The molecular formula is C13H14N2O2. The van der Waals surface area contributed by atoms with Gasteiger partial charge in [-0.25, -0.2) is 0 Å². The van der Waals surface area contributed by atoms with Crippen molar-refractivity contribution in [1.82, 2.24) is 4.98 Å². The van der Waals surface area contributed by atoms with Gasteiger partial charge in [-0.05, 0) is 18.2 Å². The molecule has 0 unspecified atom stereocenters. The van der Waals surface area contributed by atoms with Gasteiger partial charge in [0.2, 0.25) is 5.88 Å². The summed E-state index contributed by atoms with van der Waals surface area (Å²) in [5.74, 6) is 1.70. The van der Waals surface area contributed by atoms with E-state index in [1.165, 1.54) is 0 Å². The van der Waals surface area contributed by atoms with E-state index < -0.39 is 0 Å². The van der Waals surface area contributed by atoms with Gasteiger partial charge in [-0.15, -0.1) is 0 Å². The SMILES string of the molecule is COc1ccccc1-c1ccc(N)nc1OC. The maximum Gasteiger partial charge on any atom is 0.223 e. The molecule has 0 saturated heterocycles. The second-order valence-corrected chi connectivity index (χ2v) is 3.49. The highest BCUT2D eigenvalue weighted by atomic mass is 16.5. The fourth-order valence-corrected chi connectivity index (χ4v) is 1.68. The Morgan fingerprint density at radius 1 is 0.941 bits per heavy atom. The third-order valence-corrected chi connectivity index (χ3v) is 2.47. The Balaban J connectivity index is 2.59. The first kappa shape index (κ1) is 11.3. The minimum Gasteiger partial charge on any atom is -0.496 e. The van der Waals surface area contributed by atoms with Gasteiger partial charge in [-0.2, -0.15) is 4.98 Å². The van der Waals surface area contributed by atoms with Crippen LogP contribution in [-0.2, 0) is 0 Å². The summed E-state index contributed by atoms with van der Waals surface area (Å²) in [4.78, 5) is 4.14. The zero-order valence-corrected chi connectivity index (χ0v) is 9.81. The van der Waals surface area contributed by atoms with Crippen molar-refractivity contribution in [3.05, 3.63) is 36.4 Å². The highest BCUT2D eigenvalue weighted by Gasteiger charge is 2.11.